The van der Waals surface area contributed by atoms with Crippen LogP contribution in [0.1, 0.15) is 38.5 Å². The molecule has 4 saturated heterocycles. The number of hydrogen-bond acceptors (Lipinski definition) is 7. The molecule has 4 heterocycles. The zero-order valence-electron chi connectivity index (χ0n) is 15.0. The Hall–Kier alpha value is -1.47. The molecule has 0 aromatic carbocycles. The summed E-state index contributed by atoms with van der Waals surface area (Å²) in [6, 6.07) is -1.08. The number of amides is 3. The summed E-state index contributed by atoms with van der Waals surface area (Å²) in [6.45, 7) is 0.158. The van der Waals surface area contributed by atoms with Crippen molar-refractivity contribution in [2.24, 2.45) is 0 Å². The maximum Gasteiger partial charge on any atom is 0.418 e. The molecule has 4 atom stereocenters. The summed E-state index contributed by atoms with van der Waals surface area (Å²) in [5, 5.41) is 0.623. The lowest BCUT2D eigenvalue weighted by Crippen LogP contribution is -2.51. The number of carbonyl (C=O) groups excluding carboxylic acids is 2. The highest BCUT2D eigenvalue weighted by Gasteiger charge is 2.49. The summed E-state index contributed by atoms with van der Waals surface area (Å²) in [7, 11) is -2.68. The summed E-state index contributed by atoms with van der Waals surface area (Å²) < 4.78 is 35.0. The number of hydrogen-bond donors (Lipinski definition) is 2. The first kappa shape index (κ1) is 18.9. The fraction of sp³-hybridized carbons (Fsp3) is 0.867. The average molecular weight is 404 g/mol. The van der Waals surface area contributed by atoms with Gasteiger partial charge in [0.1, 0.15) is 6.04 Å². The van der Waals surface area contributed by atoms with Gasteiger partial charge in [-0.25, -0.2) is 10.3 Å². The highest BCUT2D eigenvalue weighted by molar-refractivity contribution is 7.80. The van der Waals surface area contributed by atoms with Gasteiger partial charge in [-0.3, -0.25) is 14.2 Å². The molecule has 0 radical (unpaired) electrons. The van der Waals surface area contributed by atoms with E-state index in [0.717, 1.165) is 25.7 Å². The summed E-state index contributed by atoms with van der Waals surface area (Å²) in [5.41, 5.74) is 2.49. The largest absolute Gasteiger partial charge is 0.418 e. The Labute approximate surface area is 157 Å². The van der Waals surface area contributed by atoms with E-state index >= 15 is 0 Å². The molecule has 12 heteroatoms. The van der Waals surface area contributed by atoms with Gasteiger partial charge in [0, 0.05) is 18.6 Å². The van der Waals surface area contributed by atoms with Crippen molar-refractivity contribution in [3.8, 4) is 0 Å². The third kappa shape index (κ3) is 3.63. The second-order valence-electron chi connectivity index (χ2n) is 7.74. The van der Waals surface area contributed by atoms with Crippen LogP contribution in [0.15, 0.2) is 0 Å². The molecule has 2 N–H and O–H groups in total. The molecule has 4 fully saturated rings. The predicted molar refractivity (Wildman–Crippen MR) is 90.2 cm³/mol. The molecular formula is C15H24N4O7S. The molecule has 152 valence electrons. The van der Waals surface area contributed by atoms with E-state index in [1.54, 1.807) is 0 Å². The maximum atomic E-state index is 12.5. The zero-order valence-corrected chi connectivity index (χ0v) is 15.8. The zero-order chi connectivity index (χ0) is 19.3. The van der Waals surface area contributed by atoms with Crippen LogP contribution >= 0.6 is 0 Å². The van der Waals surface area contributed by atoms with Gasteiger partial charge < -0.3 is 9.80 Å². The molecule has 3 unspecified atom stereocenters. The van der Waals surface area contributed by atoms with Crippen LogP contribution in [0, 0.1) is 0 Å². The van der Waals surface area contributed by atoms with Crippen LogP contribution in [0.25, 0.3) is 0 Å². The van der Waals surface area contributed by atoms with Crippen LogP contribution in [0.4, 0.5) is 4.79 Å². The number of piperidine rings is 2. The number of nitrogens with one attached hydrogen (secondary N) is 1. The number of nitrogens with zero attached hydrogens (tertiary/aromatic N) is 3. The first-order valence-electron chi connectivity index (χ1n) is 9.17. The van der Waals surface area contributed by atoms with Crippen molar-refractivity contribution < 1.29 is 31.7 Å². The van der Waals surface area contributed by atoms with E-state index in [1.807, 2.05) is 0 Å². The van der Waals surface area contributed by atoms with Crippen molar-refractivity contribution in [1.82, 2.24) is 20.3 Å². The van der Waals surface area contributed by atoms with Crippen LogP contribution in [0.5, 0.6) is 0 Å². The number of rotatable bonds is 5. The van der Waals surface area contributed by atoms with Crippen LogP contribution < -0.4 is 5.48 Å². The lowest BCUT2D eigenvalue weighted by atomic mass is 10.0. The van der Waals surface area contributed by atoms with Crippen LogP contribution in [0.2, 0.25) is 0 Å². The van der Waals surface area contributed by atoms with Gasteiger partial charge in [0.25, 0.3) is 5.91 Å². The summed E-state index contributed by atoms with van der Waals surface area (Å²) in [6.07, 6.45) is 4.70. The Kier molecular flexibility index (Phi) is 4.79. The van der Waals surface area contributed by atoms with Gasteiger partial charge in [0.2, 0.25) is 0 Å². The minimum atomic E-state index is -4.80. The second kappa shape index (κ2) is 6.85. The van der Waals surface area contributed by atoms with Gasteiger partial charge in [-0.05, 0) is 45.6 Å². The monoisotopic (exact) mass is 404 g/mol. The Morgan fingerprint density at radius 2 is 1.78 bits per heavy atom. The number of urea groups is 1. The fourth-order valence-corrected chi connectivity index (χ4v) is 5.16. The molecule has 4 aliphatic heterocycles. The molecule has 27 heavy (non-hydrogen) atoms. The second-order valence-corrected chi connectivity index (χ2v) is 8.74. The molecule has 0 saturated carbocycles. The van der Waals surface area contributed by atoms with Gasteiger partial charge in [-0.2, -0.15) is 13.5 Å². The molecular weight excluding hydrogens is 380 g/mol. The first-order valence-corrected chi connectivity index (χ1v) is 10.5. The summed E-state index contributed by atoms with van der Waals surface area (Å²) in [5.74, 6) is -0.429. The standard InChI is InChI=1S/C15H24N4O7S/c1-17-9-2-3-10(17)7-12(6-9)25-16-14(20)13-5-4-11-8-18(13)15(21)19(11)26-27(22,23)24/h9-13H,2-8H2,1H3,(H,16,20)(H,22,23,24)/t9?,10?,11?,12?,13-/m0/s1. The number of fused-ring (bicyclic) bond motifs is 4. The molecule has 4 bridgehead atoms. The van der Waals surface area contributed by atoms with Crippen molar-refractivity contribution >= 4 is 22.3 Å². The smallest absolute Gasteiger partial charge is 0.309 e. The normalized spacial score (nSPS) is 36.4. The van der Waals surface area contributed by atoms with Crippen molar-refractivity contribution in [3.05, 3.63) is 0 Å². The number of hydroxylamine groups is 3. The first-order chi connectivity index (χ1) is 12.7. The minimum absolute atomic E-state index is 0.0485. The van der Waals surface area contributed by atoms with Gasteiger partial charge in [-0.1, -0.05) is 0 Å². The molecule has 0 spiro atoms. The fourth-order valence-electron chi connectivity index (χ4n) is 4.77. The van der Waals surface area contributed by atoms with E-state index < -0.39 is 34.4 Å². The summed E-state index contributed by atoms with van der Waals surface area (Å²) >= 11 is 0. The third-order valence-corrected chi connectivity index (χ3v) is 6.53. The quantitative estimate of drug-likeness (QED) is 0.470. The molecule has 0 aromatic rings. The van der Waals surface area contributed by atoms with E-state index in [4.69, 9.17) is 9.39 Å². The molecule has 3 amide bonds. The van der Waals surface area contributed by atoms with E-state index in [-0.39, 0.29) is 12.6 Å². The SMILES string of the molecule is CN1C2CCC1CC(ONC(=O)[C@@H]1CCC3CN1C(=O)N3OS(=O)(=O)O)C2. The molecule has 4 rings (SSSR count). The van der Waals surface area contributed by atoms with Gasteiger partial charge >= 0.3 is 16.4 Å². The minimum Gasteiger partial charge on any atom is -0.309 e. The lowest BCUT2D eigenvalue weighted by Gasteiger charge is -2.36. The molecule has 11 nitrogen and oxygen atoms in total. The van der Waals surface area contributed by atoms with Crippen molar-refractivity contribution in [1.29, 1.82) is 0 Å². The number of carbonyl (C=O) groups is 2. The van der Waals surface area contributed by atoms with Gasteiger partial charge in [0.05, 0.1) is 12.1 Å². The lowest BCUT2D eigenvalue weighted by molar-refractivity contribution is -0.147. The van der Waals surface area contributed by atoms with E-state index in [0.29, 0.717) is 30.0 Å². The Bertz CT molecular complexity index is 718. The topological polar surface area (TPSA) is 129 Å². The highest BCUT2D eigenvalue weighted by atomic mass is 32.3. The molecule has 4 aliphatic rings. The maximum absolute atomic E-state index is 12.5. The average Bonchev–Trinajstić information content (AvgIpc) is 2.95. The van der Waals surface area contributed by atoms with Crippen LogP contribution in [-0.4, -0.2) is 83.6 Å². The van der Waals surface area contributed by atoms with Crippen molar-refractivity contribution in [3.63, 3.8) is 0 Å². The van der Waals surface area contributed by atoms with Crippen LogP contribution in [0.3, 0.4) is 0 Å². The van der Waals surface area contributed by atoms with Gasteiger partial charge in [0.15, 0.2) is 0 Å². The van der Waals surface area contributed by atoms with Crippen molar-refractivity contribution in [2.45, 2.75) is 68.8 Å². The van der Waals surface area contributed by atoms with Crippen molar-refractivity contribution in [2.75, 3.05) is 13.6 Å². The summed E-state index contributed by atoms with van der Waals surface area (Å²) in [4.78, 5) is 34.1. The Morgan fingerprint density at radius 3 is 2.41 bits per heavy atom. The van der Waals surface area contributed by atoms with E-state index in [2.05, 4.69) is 21.7 Å². The van der Waals surface area contributed by atoms with Crippen LogP contribution in [-0.2, 0) is 24.3 Å². The third-order valence-electron chi connectivity index (χ3n) is 6.18. The van der Waals surface area contributed by atoms with Gasteiger partial charge in [-0.15, -0.1) is 4.28 Å². The Morgan fingerprint density at radius 1 is 1.15 bits per heavy atom. The molecule has 0 aromatic heterocycles. The highest BCUT2D eigenvalue weighted by Crippen LogP contribution is 2.35. The predicted octanol–water partition coefficient (Wildman–Crippen LogP) is -0.338. The van der Waals surface area contributed by atoms with E-state index in [1.165, 1.54) is 4.90 Å². The Balaban J connectivity index is 1.33. The molecule has 0 aliphatic carbocycles. The van der Waals surface area contributed by atoms with E-state index in [9.17, 15) is 18.0 Å².